The Morgan fingerprint density at radius 2 is 1.73 bits per heavy atom. The van der Waals surface area contributed by atoms with Gasteiger partial charge in [0.1, 0.15) is 11.4 Å². The van der Waals surface area contributed by atoms with Crippen LogP contribution >= 0.6 is 0 Å². The molecule has 7 nitrogen and oxygen atoms in total. The first-order valence-corrected chi connectivity index (χ1v) is 10.1. The van der Waals surface area contributed by atoms with Gasteiger partial charge in [-0.15, -0.1) is 10.2 Å². The lowest BCUT2D eigenvalue weighted by atomic mass is 10.1. The van der Waals surface area contributed by atoms with Crippen LogP contribution in [-0.2, 0) is 11.2 Å². The summed E-state index contributed by atoms with van der Waals surface area (Å²) in [6.45, 7) is 2.91. The third-order valence-corrected chi connectivity index (χ3v) is 5.32. The summed E-state index contributed by atoms with van der Waals surface area (Å²) < 4.78 is 5.17. The summed E-state index contributed by atoms with van der Waals surface area (Å²) in [6.07, 6.45) is 3.00. The number of benzene rings is 1. The Morgan fingerprint density at radius 3 is 2.37 bits per heavy atom. The summed E-state index contributed by atoms with van der Waals surface area (Å²) in [5, 5.41) is 8.67. The zero-order chi connectivity index (χ0) is 20.8. The Hall–Kier alpha value is -3.48. The van der Waals surface area contributed by atoms with Crippen LogP contribution in [0.2, 0.25) is 0 Å². The summed E-state index contributed by atoms with van der Waals surface area (Å²) in [4.78, 5) is 21.0. The van der Waals surface area contributed by atoms with Crippen LogP contribution < -0.4 is 9.64 Å². The van der Waals surface area contributed by atoms with Gasteiger partial charge in [-0.05, 0) is 48.4 Å². The van der Waals surface area contributed by atoms with Gasteiger partial charge in [-0.2, -0.15) is 0 Å². The normalized spacial score (nSPS) is 13.9. The maximum Gasteiger partial charge on any atom is 0.223 e. The van der Waals surface area contributed by atoms with Crippen LogP contribution in [0.4, 0.5) is 5.82 Å². The average molecular weight is 403 g/mol. The third kappa shape index (κ3) is 4.74. The molecule has 0 unspecified atom stereocenters. The molecule has 154 valence electrons. The third-order valence-electron chi connectivity index (χ3n) is 5.32. The van der Waals surface area contributed by atoms with Gasteiger partial charge in [0.15, 0.2) is 5.82 Å². The highest BCUT2D eigenvalue weighted by Gasteiger charge is 2.22. The van der Waals surface area contributed by atoms with Gasteiger partial charge in [0.05, 0.1) is 12.8 Å². The Balaban J connectivity index is 1.27. The lowest BCUT2D eigenvalue weighted by molar-refractivity contribution is -0.131. The summed E-state index contributed by atoms with van der Waals surface area (Å²) in [5.41, 5.74) is 2.71. The van der Waals surface area contributed by atoms with Crippen molar-refractivity contribution in [2.45, 2.75) is 12.8 Å². The Labute approximate surface area is 176 Å². The van der Waals surface area contributed by atoms with E-state index in [2.05, 4.69) is 20.1 Å². The molecule has 3 heterocycles. The molecule has 0 spiro atoms. The first-order valence-electron chi connectivity index (χ1n) is 10.1. The van der Waals surface area contributed by atoms with Crippen molar-refractivity contribution in [3.8, 4) is 17.1 Å². The van der Waals surface area contributed by atoms with E-state index in [1.165, 1.54) is 0 Å². The minimum atomic E-state index is 0.196. The molecule has 2 aromatic heterocycles. The van der Waals surface area contributed by atoms with Crippen LogP contribution in [0.5, 0.6) is 5.75 Å². The molecule has 7 heteroatoms. The predicted octanol–water partition coefficient (Wildman–Crippen LogP) is 2.83. The van der Waals surface area contributed by atoms with Crippen LogP contribution in [0.25, 0.3) is 11.4 Å². The number of rotatable bonds is 6. The minimum Gasteiger partial charge on any atom is -0.497 e. The molecule has 0 bridgehead atoms. The lowest BCUT2D eigenvalue weighted by Gasteiger charge is -2.35. The van der Waals surface area contributed by atoms with Gasteiger partial charge in [-0.1, -0.05) is 18.2 Å². The number of carbonyl (C=O) groups is 1. The maximum atomic E-state index is 12.6. The molecule has 0 aliphatic carbocycles. The molecule has 0 atom stereocenters. The second-order valence-corrected chi connectivity index (χ2v) is 7.21. The lowest BCUT2D eigenvalue weighted by Crippen LogP contribution is -2.49. The number of methoxy groups -OCH3 is 1. The van der Waals surface area contributed by atoms with Crippen molar-refractivity contribution in [2.75, 3.05) is 38.2 Å². The highest BCUT2D eigenvalue weighted by Crippen LogP contribution is 2.18. The molecule has 0 saturated carbocycles. The van der Waals surface area contributed by atoms with E-state index in [0.717, 1.165) is 48.0 Å². The van der Waals surface area contributed by atoms with E-state index in [9.17, 15) is 4.79 Å². The van der Waals surface area contributed by atoms with E-state index >= 15 is 0 Å². The molecule has 0 radical (unpaired) electrons. The van der Waals surface area contributed by atoms with E-state index in [1.54, 1.807) is 13.3 Å². The van der Waals surface area contributed by atoms with E-state index in [1.807, 2.05) is 59.5 Å². The van der Waals surface area contributed by atoms with Gasteiger partial charge in [0.2, 0.25) is 5.91 Å². The molecule has 1 saturated heterocycles. The van der Waals surface area contributed by atoms with Crippen LogP contribution in [0, 0.1) is 0 Å². The Morgan fingerprint density at radius 1 is 0.933 bits per heavy atom. The highest BCUT2D eigenvalue weighted by molar-refractivity contribution is 5.76. The molecule has 1 fully saturated rings. The summed E-state index contributed by atoms with van der Waals surface area (Å²) >= 11 is 0. The van der Waals surface area contributed by atoms with Crippen LogP contribution in [-0.4, -0.2) is 59.3 Å². The molecule has 4 rings (SSSR count). The van der Waals surface area contributed by atoms with Crippen molar-refractivity contribution < 1.29 is 9.53 Å². The molecule has 1 amide bonds. The van der Waals surface area contributed by atoms with Crippen molar-refractivity contribution in [1.82, 2.24) is 20.1 Å². The van der Waals surface area contributed by atoms with Crippen molar-refractivity contribution in [3.63, 3.8) is 0 Å². The first kappa shape index (κ1) is 19.8. The van der Waals surface area contributed by atoms with Crippen molar-refractivity contribution in [3.05, 3.63) is 66.4 Å². The zero-order valence-electron chi connectivity index (χ0n) is 17.1. The number of aryl methyl sites for hydroxylation is 1. The van der Waals surface area contributed by atoms with Crippen LogP contribution in [0.1, 0.15) is 12.0 Å². The largest absolute Gasteiger partial charge is 0.497 e. The molecule has 1 aliphatic heterocycles. The second-order valence-electron chi connectivity index (χ2n) is 7.21. The molecule has 0 N–H and O–H groups in total. The molecule has 1 aromatic carbocycles. The number of piperazine rings is 1. The van der Waals surface area contributed by atoms with Gasteiger partial charge in [-0.3, -0.25) is 9.78 Å². The van der Waals surface area contributed by atoms with Gasteiger partial charge < -0.3 is 14.5 Å². The molecule has 30 heavy (non-hydrogen) atoms. The first-order chi connectivity index (χ1) is 14.7. The number of ether oxygens (including phenoxy) is 1. The quantitative estimate of drug-likeness (QED) is 0.630. The molecular formula is C23H25N5O2. The number of carbonyl (C=O) groups excluding carboxylic acids is 1. The fraction of sp³-hybridized carbons (Fsp3) is 0.304. The highest BCUT2D eigenvalue weighted by atomic mass is 16.5. The second kappa shape index (κ2) is 9.35. The van der Waals surface area contributed by atoms with Gasteiger partial charge >= 0.3 is 0 Å². The Bertz CT molecular complexity index is 953. The summed E-state index contributed by atoms with van der Waals surface area (Å²) in [5.74, 6) is 1.86. The number of amides is 1. The molecule has 1 aliphatic rings. The van der Waals surface area contributed by atoms with Gasteiger partial charge in [-0.25, -0.2) is 0 Å². The van der Waals surface area contributed by atoms with Crippen molar-refractivity contribution in [1.29, 1.82) is 0 Å². The standard InChI is InChI=1S/C23H25N5O2/c1-30-19-8-5-18(6-9-19)7-12-23(29)28-16-14-27(15-17-28)22-11-10-21(25-26-22)20-4-2-3-13-24-20/h2-6,8-11,13H,7,12,14-17H2,1H3. The average Bonchev–Trinajstić information content (AvgIpc) is 2.83. The molecular weight excluding hydrogens is 378 g/mol. The van der Waals surface area contributed by atoms with Gasteiger partial charge in [0.25, 0.3) is 0 Å². The fourth-order valence-corrected chi connectivity index (χ4v) is 3.53. The molecule has 3 aromatic rings. The maximum absolute atomic E-state index is 12.6. The summed E-state index contributed by atoms with van der Waals surface area (Å²) in [7, 11) is 1.65. The van der Waals surface area contributed by atoms with Crippen LogP contribution in [0.3, 0.4) is 0 Å². The number of hydrogen-bond donors (Lipinski definition) is 0. The number of nitrogens with zero attached hydrogens (tertiary/aromatic N) is 5. The topological polar surface area (TPSA) is 71.5 Å². The van der Waals surface area contributed by atoms with E-state index in [-0.39, 0.29) is 5.91 Å². The van der Waals surface area contributed by atoms with E-state index in [4.69, 9.17) is 4.74 Å². The smallest absolute Gasteiger partial charge is 0.223 e. The van der Waals surface area contributed by atoms with E-state index in [0.29, 0.717) is 19.5 Å². The number of pyridine rings is 1. The van der Waals surface area contributed by atoms with Gasteiger partial charge in [0, 0.05) is 38.8 Å². The predicted molar refractivity (Wildman–Crippen MR) is 115 cm³/mol. The van der Waals surface area contributed by atoms with Crippen LogP contribution in [0.15, 0.2) is 60.8 Å². The summed E-state index contributed by atoms with van der Waals surface area (Å²) in [6, 6.07) is 17.5. The number of aromatic nitrogens is 3. The Kier molecular flexibility index (Phi) is 6.17. The van der Waals surface area contributed by atoms with Crippen molar-refractivity contribution >= 4 is 11.7 Å². The number of anilines is 1. The number of hydrogen-bond acceptors (Lipinski definition) is 6. The fourth-order valence-electron chi connectivity index (χ4n) is 3.53. The van der Waals surface area contributed by atoms with E-state index < -0.39 is 0 Å². The van der Waals surface area contributed by atoms with Crippen molar-refractivity contribution in [2.24, 2.45) is 0 Å². The monoisotopic (exact) mass is 403 g/mol. The zero-order valence-corrected chi connectivity index (χ0v) is 17.1. The SMILES string of the molecule is COc1ccc(CCC(=O)N2CCN(c3ccc(-c4ccccn4)nn3)CC2)cc1. The minimum absolute atomic E-state index is 0.196.